The van der Waals surface area contributed by atoms with Crippen molar-refractivity contribution >= 4 is 33.2 Å². The molecule has 20 heavy (non-hydrogen) atoms. The number of hydrogen-bond acceptors (Lipinski definition) is 1. The number of halogens is 2. The Hall–Kier alpha value is -0.990. The van der Waals surface area contributed by atoms with Crippen molar-refractivity contribution in [3.63, 3.8) is 0 Å². The van der Waals surface area contributed by atoms with Crippen LogP contribution in [0.15, 0.2) is 42.5 Å². The molecule has 0 aliphatic rings. The second-order valence-electron chi connectivity index (χ2n) is 5.08. The molecule has 1 atom stereocenters. The average molecular weight is 353 g/mol. The Kier molecular flexibility index (Phi) is 5.11. The lowest BCUT2D eigenvalue weighted by Gasteiger charge is -2.28. The number of alkyl halides is 1. The highest BCUT2D eigenvalue weighted by molar-refractivity contribution is 9.08. The molecule has 106 valence electrons. The number of nitrogens with zero attached hydrogens (tertiary/aromatic N) is 1. The smallest absolute Gasteiger partial charge is 0.0511 e. The van der Waals surface area contributed by atoms with Gasteiger partial charge in [-0.05, 0) is 54.8 Å². The van der Waals surface area contributed by atoms with Gasteiger partial charge in [-0.1, -0.05) is 45.7 Å². The monoisotopic (exact) mass is 351 g/mol. The Morgan fingerprint density at radius 1 is 1.15 bits per heavy atom. The van der Waals surface area contributed by atoms with Crippen molar-refractivity contribution in [1.82, 2.24) is 0 Å². The van der Waals surface area contributed by atoms with Gasteiger partial charge in [-0.3, -0.25) is 0 Å². The van der Waals surface area contributed by atoms with Gasteiger partial charge >= 0.3 is 0 Å². The molecule has 1 unspecified atom stereocenters. The molecule has 0 saturated heterocycles. The summed E-state index contributed by atoms with van der Waals surface area (Å²) in [7, 11) is 2.13. The lowest BCUT2D eigenvalue weighted by atomic mass is 10.0. The van der Waals surface area contributed by atoms with E-state index in [2.05, 4.69) is 72.1 Å². The minimum absolute atomic E-state index is 0.307. The molecule has 0 aliphatic heterocycles. The van der Waals surface area contributed by atoms with E-state index in [1.165, 1.54) is 22.4 Å². The van der Waals surface area contributed by atoms with Crippen LogP contribution in [0.3, 0.4) is 0 Å². The van der Waals surface area contributed by atoms with E-state index >= 15 is 0 Å². The zero-order chi connectivity index (χ0) is 14.7. The lowest BCUT2D eigenvalue weighted by Crippen LogP contribution is -2.21. The molecule has 0 N–H and O–H groups in total. The van der Waals surface area contributed by atoms with Crippen LogP contribution >= 0.6 is 27.5 Å². The predicted molar refractivity (Wildman–Crippen MR) is 92.1 cm³/mol. The van der Waals surface area contributed by atoms with Gasteiger partial charge in [0, 0.05) is 23.1 Å². The standard InChI is InChI=1S/C17H19BrClN/c1-12-10-17(9-6-15(12)11-18)20(3)13(2)14-4-7-16(19)8-5-14/h4-10,13H,11H2,1-3H3. The third-order valence-corrected chi connectivity index (χ3v) is 4.67. The van der Waals surface area contributed by atoms with Gasteiger partial charge in [0.1, 0.15) is 0 Å². The van der Waals surface area contributed by atoms with Gasteiger partial charge in [-0.25, -0.2) is 0 Å². The Morgan fingerprint density at radius 2 is 1.80 bits per heavy atom. The van der Waals surface area contributed by atoms with Gasteiger partial charge in [0.2, 0.25) is 0 Å². The molecule has 0 spiro atoms. The fourth-order valence-corrected chi connectivity index (χ4v) is 2.99. The fraction of sp³-hybridized carbons (Fsp3) is 0.294. The maximum Gasteiger partial charge on any atom is 0.0511 e. The quantitative estimate of drug-likeness (QED) is 0.634. The molecule has 0 heterocycles. The largest absolute Gasteiger partial charge is 0.368 e. The van der Waals surface area contributed by atoms with E-state index < -0.39 is 0 Å². The highest BCUT2D eigenvalue weighted by Crippen LogP contribution is 2.28. The summed E-state index contributed by atoms with van der Waals surface area (Å²) in [6.07, 6.45) is 0. The van der Waals surface area contributed by atoms with Gasteiger partial charge < -0.3 is 4.90 Å². The average Bonchev–Trinajstić information content (AvgIpc) is 2.46. The number of aryl methyl sites for hydroxylation is 1. The van der Waals surface area contributed by atoms with E-state index in [1.807, 2.05) is 12.1 Å². The molecular weight excluding hydrogens is 334 g/mol. The Balaban J connectivity index is 2.24. The summed E-state index contributed by atoms with van der Waals surface area (Å²) in [5, 5.41) is 1.68. The molecular formula is C17H19BrClN. The highest BCUT2D eigenvalue weighted by atomic mass is 79.9. The van der Waals surface area contributed by atoms with E-state index in [1.54, 1.807) is 0 Å². The van der Waals surface area contributed by atoms with Gasteiger partial charge in [0.05, 0.1) is 6.04 Å². The van der Waals surface area contributed by atoms with E-state index in [0.29, 0.717) is 6.04 Å². The van der Waals surface area contributed by atoms with Crippen molar-refractivity contribution < 1.29 is 0 Å². The molecule has 2 aromatic carbocycles. The van der Waals surface area contributed by atoms with Crippen molar-refractivity contribution in [2.24, 2.45) is 0 Å². The first kappa shape index (κ1) is 15.4. The molecule has 0 aliphatic carbocycles. The van der Waals surface area contributed by atoms with Crippen molar-refractivity contribution in [1.29, 1.82) is 0 Å². The summed E-state index contributed by atoms with van der Waals surface area (Å²) in [6, 6.07) is 15.0. The second kappa shape index (κ2) is 6.64. The van der Waals surface area contributed by atoms with Gasteiger partial charge in [-0.2, -0.15) is 0 Å². The number of rotatable bonds is 4. The van der Waals surface area contributed by atoms with Crippen LogP contribution in [0.25, 0.3) is 0 Å². The van der Waals surface area contributed by atoms with Crippen molar-refractivity contribution in [3.8, 4) is 0 Å². The van der Waals surface area contributed by atoms with Crippen molar-refractivity contribution in [2.75, 3.05) is 11.9 Å². The summed E-state index contributed by atoms with van der Waals surface area (Å²) in [6.45, 7) is 4.36. The van der Waals surface area contributed by atoms with Crippen LogP contribution in [0.2, 0.25) is 5.02 Å². The zero-order valence-corrected chi connectivity index (χ0v) is 14.4. The topological polar surface area (TPSA) is 3.24 Å². The third kappa shape index (κ3) is 3.36. The molecule has 2 rings (SSSR count). The van der Waals surface area contributed by atoms with Crippen molar-refractivity contribution in [3.05, 3.63) is 64.2 Å². The summed E-state index contributed by atoms with van der Waals surface area (Å²) in [5.41, 5.74) is 5.14. The number of anilines is 1. The molecule has 0 amide bonds. The second-order valence-corrected chi connectivity index (χ2v) is 6.08. The Labute approximate surface area is 134 Å². The van der Waals surface area contributed by atoms with Crippen LogP contribution in [-0.2, 0) is 5.33 Å². The van der Waals surface area contributed by atoms with Crippen LogP contribution in [0.5, 0.6) is 0 Å². The molecule has 1 nitrogen and oxygen atoms in total. The molecule has 0 aromatic heterocycles. The van der Waals surface area contributed by atoms with E-state index in [4.69, 9.17) is 11.6 Å². The maximum absolute atomic E-state index is 5.95. The zero-order valence-electron chi connectivity index (χ0n) is 12.0. The van der Waals surface area contributed by atoms with Crippen molar-refractivity contribution in [2.45, 2.75) is 25.2 Å². The molecule has 0 fully saturated rings. The lowest BCUT2D eigenvalue weighted by molar-refractivity contribution is 0.739. The van der Waals surface area contributed by atoms with Crippen LogP contribution < -0.4 is 4.90 Å². The predicted octanol–water partition coefficient (Wildman–Crippen LogP) is 5.74. The first-order chi connectivity index (χ1) is 9.52. The van der Waals surface area contributed by atoms with E-state index in [0.717, 1.165) is 10.4 Å². The van der Waals surface area contributed by atoms with Gasteiger partial charge in [0.15, 0.2) is 0 Å². The van der Waals surface area contributed by atoms with Crippen LogP contribution in [0, 0.1) is 6.92 Å². The fourth-order valence-electron chi connectivity index (χ4n) is 2.24. The first-order valence-corrected chi connectivity index (χ1v) is 8.16. The number of benzene rings is 2. The van der Waals surface area contributed by atoms with Gasteiger partial charge in [-0.15, -0.1) is 0 Å². The molecule has 0 bridgehead atoms. The molecule has 2 aromatic rings. The SMILES string of the molecule is Cc1cc(N(C)C(C)c2ccc(Cl)cc2)ccc1CBr. The maximum atomic E-state index is 5.95. The summed E-state index contributed by atoms with van der Waals surface area (Å²) >= 11 is 9.47. The minimum Gasteiger partial charge on any atom is -0.368 e. The third-order valence-electron chi connectivity index (χ3n) is 3.81. The minimum atomic E-state index is 0.307. The molecule has 0 radical (unpaired) electrons. The van der Waals surface area contributed by atoms with Crippen LogP contribution in [-0.4, -0.2) is 7.05 Å². The summed E-state index contributed by atoms with van der Waals surface area (Å²) in [5.74, 6) is 0. The summed E-state index contributed by atoms with van der Waals surface area (Å²) in [4.78, 5) is 2.29. The molecule has 0 saturated carbocycles. The van der Waals surface area contributed by atoms with E-state index in [9.17, 15) is 0 Å². The van der Waals surface area contributed by atoms with Crippen LogP contribution in [0.1, 0.15) is 29.7 Å². The van der Waals surface area contributed by atoms with Crippen LogP contribution in [0.4, 0.5) is 5.69 Å². The number of hydrogen-bond donors (Lipinski definition) is 0. The molecule has 3 heteroatoms. The Bertz CT molecular complexity index is 580. The first-order valence-electron chi connectivity index (χ1n) is 6.66. The van der Waals surface area contributed by atoms with E-state index in [-0.39, 0.29) is 0 Å². The van der Waals surface area contributed by atoms with Gasteiger partial charge in [0.25, 0.3) is 0 Å². The normalized spacial score (nSPS) is 12.2. The Morgan fingerprint density at radius 3 is 2.35 bits per heavy atom. The summed E-state index contributed by atoms with van der Waals surface area (Å²) < 4.78 is 0. The highest BCUT2D eigenvalue weighted by Gasteiger charge is 2.13.